The van der Waals surface area contributed by atoms with Crippen molar-refractivity contribution in [2.45, 2.75) is 37.6 Å². The van der Waals surface area contributed by atoms with Gasteiger partial charge in [-0.3, -0.25) is 9.98 Å². The normalized spacial score (nSPS) is 19.5. The van der Waals surface area contributed by atoms with E-state index in [1.807, 2.05) is 0 Å². The number of aliphatic imine (C=N–C) groups is 2. The van der Waals surface area contributed by atoms with E-state index < -0.39 is 0 Å². The molecule has 0 aromatic heterocycles. The first-order valence-corrected chi connectivity index (χ1v) is 8.96. The maximum atomic E-state index is 4.96. The molecule has 0 spiro atoms. The fourth-order valence-electron chi connectivity index (χ4n) is 3.02. The van der Waals surface area contributed by atoms with Gasteiger partial charge in [0.2, 0.25) is 0 Å². The second-order valence-electron chi connectivity index (χ2n) is 7.07. The summed E-state index contributed by atoms with van der Waals surface area (Å²) in [6, 6.07) is 13.1. The second kappa shape index (κ2) is 5.38. The third-order valence-electron chi connectivity index (χ3n) is 4.01. The maximum absolute atomic E-state index is 4.96. The minimum absolute atomic E-state index is 0.0841. The predicted octanol–water partition coefficient (Wildman–Crippen LogP) is 4.55. The molecular formula is C19H21N3S. The Morgan fingerprint density at radius 1 is 1.13 bits per heavy atom. The maximum Gasteiger partial charge on any atom is 0.170 e. The number of fused-ring (bicyclic) bond motifs is 4. The molecule has 2 heterocycles. The van der Waals surface area contributed by atoms with Gasteiger partial charge in [-0.1, -0.05) is 36.0 Å². The summed E-state index contributed by atoms with van der Waals surface area (Å²) in [6.45, 7) is 8.37. The molecule has 0 radical (unpaired) electrons. The zero-order valence-electron chi connectivity index (χ0n) is 13.8. The Bertz CT molecular complexity index is 830. The first kappa shape index (κ1) is 14.8. The largest absolute Gasteiger partial charge is 0.305 e. The Balaban J connectivity index is 1.91. The van der Waals surface area contributed by atoms with Gasteiger partial charge in [0.25, 0.3) is 0 Å². The van der Waals surface area contributed by atoms with Gasteiger partial charge in [-0.2, -0.15) is 0 Å². The number of benzene rings is 2. The molecule has 2 aromatic carbocycles. The highest BCUT2D eigenvalue weighted by atomic mass is 32.2. The summed E-state index contributed by atoms with van der Waals surface area (Å²) < 4.78 is 0. The lowest BCUT2D eigenvalue weighted by Crippen LogP contribution is -2.43. The van der Waals surface area contributed by atoms with Crippen molar-refractivity contribution >= 4 is 33.5 Å². The monoisotopic (exact) mass is 323 g/mol. The van der Waals surface area contributed by atoms with Gasteiger partial charge in [0, 0.05) is 23.5 Å². The molecule has 3 nitrogen and oxygen atoms in total. The Morgan fingerprint density at radius 2 is 1.87 bits per heavy atom. The molecule has 0 atom stereocenters. The van der Waals surface area contributed by atoms with Crippen molar-refractivity contribution in [3.8, 4) is 0 Å². The number of rotatable bonds is 0. The number of hydrogen-bond donors (Lipinski definition) is 0. The molecule has 23 heavy (non-hydrogen) atoms. The van der Waals surface area contributed by atoms with Crippen LogP contribution >= 0.6 is 11.8 Å². The zero-order valence-corrected chi connectivity index (χ0v) is 14.7. The zero-order chi connectivity index (χ0) is 16.0. The average Bonchev–Trinajstić information content (AvgIpc) is 2.52. The molecule has 0 bridgehead atoms. The van der Waals surface area contributed by atoms with Crippen LogP contribution in [0.5, 0.6) is 0 Å². The molecule has 0 fully saturated rings. The smallest absolute Gasteiger partial charge is 0.170 e. The Kier molecular flexibility index (Phi) is 3.45. The van der Waals surface area contributed by atoms with Crippen molar-refractivity contribution in [3.05, 3.63) is 42.0 Å². The molecule has 0 unspecified atom stereocenters. The van der Waals surface area contributed by atoms with Gasteiger partial charge in [0.1, 0.15) is 5.84 Å². The Morgan fingerprint density at radius 3 is 2.61 bits per heavy atom. The predicted molar refractivity (Wildman–Crippen MR) is 99.7 cm³/mol. The summed E-state index contributed by atoms with van der Waals surface area (Å²) in [6.07, 6.45) is 1.09. The van der Waals surface area contributed by atoms with Crippen molar-refractivity contribution < 1.29 is 0 Å². The van der Waals surface area contributed by atoms with Crippen molar-refractivity contribution in [1.29, 1.82) is 0 Å². The molecule has 118 valence electrons. The fourth-order valence-corrected chi connectivity index (χ4v) is 4.27. The van der Waals surface area contributed by atoms with E-state index in [-0.39, 0.29) is 5.54 Å². The molecule has 0 amide bonds. The lowest BCUT2D eigenvalue weighted by Gasteiger charge is -2.36. The van der Waals surface area contributed by atoms with E-state index >= 15 is 0 Å². The number of hydrogen-bond acceptors (Lipinski definition) is 3. The first-order valence-electron chi connectivity index (χ1n) is 8.14. The first-order chi connectivity index (χ1) is 11.0. The fraction of sp³-hybridized carbons (Fsp3) is 0.368. The quantitative estimate of drug-likeness (QED) is 0.711. The van der Waals surface area contributed by atoms with Gasteiger partial charge in [-0.05, 0) is 50.1 Å². The molecule has 4 rings (SSSR count). The summed E-state index contributed by atoms with van der Waals surface area (Å²) in [4.78, 5) is 13.4. The minimum atomic E-state index is -0.0841. The third kappa shape index (κ3) is 2.76. The van der Waals surface area contributed by atoms with E-state index in [4.69, 9.17) is 9.98 Å². The lowest BCUT2D eigenvalue weighted by atomic mass is 10.0. The van der Waals surface area contributed by atoms with E-state index in [1.54, 1.807) is 11.8 Å². The SMILES string of the molecule is CC(C)(C)N=C1Sc2cc3ccccc3cc2C2=NCCCN12. The number of amidine groups is 2. The van der Waals surface area contributed by atoms with E-state index in [9.17, 15) is 0 Å². The number of thioether (sulfide) groups is 1. The van der Waals surface area contributed by atoms with Gasteiger partial charge >= 0.3 is 0 Å². The van der Waals surface area contributed by atoms with Crippen molar-refractivity contribution in [3.63, 3.8) is 0 Å². The molecule has 2 aromatic rings. The van der Waals surface area contributed by atoms with Crippen LogP contribution in [-0.4, -0.2) is 34.5 Å². The van der Waals surface area contributed by atoms with Crippen LogP contribution in [0.1, 0.15) is 32.8 Å². The third-order valence-corrected chi connectivity index (χ3v) is 5.06. The van der Waals surface area contributed by atoms with Crippen LogP contribution < -0.4 is 0 Å². The highest BCUT2D eigenvalue weighted by molar-refractivity contribution is 8.14. The van der Waals surface area contributed by atoms with E-state index in [2.05, 4.69) is 62.1 Å². The van der Waals surface area contributed by atoms with Crippen LogP contribution in [-0.2, 0) is 0 Å². The number of nitrogens with zero attached hydrogens (tertiary/aromatic N) is 3. The van der Waals surface area contributed by atoms with Gasteiger partial charge in [-0.15, -0.1) is 0 Å². The summed E-state index contributed by atoms with van der Waals surface area (Å²) in [5.74, 6) is 1.10. The highest BCUT2D eigenvalue weighted by Crippen LogP contribution is 2.37. The van der Waals surface area contributed by atoms with Crippen LogP contribution in [0.2, 0.25) is 0 Å². The van der Waals surface area contributed by atoms with Crippen LogP contribution in [0.25, 0.3) is 10.8 Å². The van der Waals surface area contributed by atoms with E-state index in [1.165, 1.54) is 21.2 Å². The molecule has 0 aliphatic carbocycles. The summed E-state index contributed by atoms with van der Waals surface area (Å²) >= 11 is 1.78. The van der Waals surface area contributed by atoms with Gasteiger partial charge in [0.05, 0.1) is 5.54 Å². The Hall–Kier alpha value is -1.81. The standard InChI is InChI=1S/C19H21N3S/c1-19(2,3)21-18-22-10-6-9-20-17(22)15-11-13-7-4-5-8-14(13)12-16(15)23-18/h4-5,7-8,11-12H,6,9-10H2,1-3H3. The second-order valence-corrected chi connectivity index (χ2v) is 8.08. The molecule has 2 aliphatic rings. The molecule has 0 saturated heterocycles. The van der Waals surface area contributed by atoms with Crippen molar-refractivity contribution in [2.75, 3.05) is 13.1 Å². The molecular weight excluding hydrogens is 302 g/mol. The van der Waals surface area contributed by atoms with Gasteiger partial charge in [0.15, 0.2) is 5.17 Å². The lowest BCUT2D eigenvalue weighted by molar-refractivity contribution is 0.527. The van der Waals surface area contributed by atoms with Crippen LogP contribution in [0.4, 0.5) is 0 Å². The minimum Gasteiger partial charge on any atom is -0.305 e. The molecule has 0 saturated carbocycles. The van der Waals surface area contributed by atoms with Crippen LogP contribution in [0.15, 0.2) is 51.3 Å². The molecule has 0 N–H and O–H groups in total. The average molecular weight is 323 g/mol. The summed E-state index contributed by atoms with van der Waals surface area (Å²) in [5, 5.41) is 3.63. The van der Waals surface area contributed by atoms with Crippen LogP contribution in [0, 0.1) is 0 Å². The van der Waals surface area contributed by atoms with Crippen molar-refractivity contribution in [2.24, 2.45) is 9.98 Å². The van der Waals surface area contributed by atoms with Crippen LogP contribution in [0.3, 0.4) is 0 Å². The highest BCUT2D eigenvalue weighted by Gasteiger charge is 2.31. The van der Waals surface area contributed by atoms with Gasteiger partial charge in [-0.25, -0.2) is 0 Å². The Labute approximate surface area is 141 Å². The summed E-state index contributed by atoms with van der Waals surface area (Å²) in [5.41, 5.74) is 1.17. The van der Waals surface area contributed by atoms with Crippen molar-refractivity contribution in [1.82, 2.24) is 4.90 Å². The van der Waals surface area contributed by atoms with E-state index in [0.29, 0.717) is 0 Å². The molecule has 4 heteroatoms. The topological polar surface area (TPSA) is 28.0 Å². The summed E-state index contributed by atoms with van der Waals surface area (Å²) in [7, 11) is 0. The molecule has 2 aliphatic heterocycles. The van der Waals surface area contributed by atoms with Gasteiger partial charge < -0.3 is 4.90 Å². The van der Waals surface area contributed by atoms with E-state index in [0.717, 1.165) is 30.5 Å².